The number of rotatable bonds is 3. The molecule has 0 unspecified atom stereocenters. The second-order valence-corrected chi connectivity index (χ2v) is 5.84. The third kappa shape index (κ3) is 2.67. The molecule has 1 aliphatic heterocycles. The van der Waals surface area contributed by atoms with Crippen LogP contribution < -0.4 is 5.32 Å². The van der Waals surface area contributed by atoms with Crippen molar-refractivity contribution in [3.8, 4) is 0 Å². The van der Waals surface area contributed by atoms with Crippen LogP contribution in [0.25, 0.3) is 0 Å². The average Bonchev–Trinajstić information content (AvgIpc) is 2.82. The van der Waals surface area contributed by atoms with E-state index < -0.39 is 0 Å². The normalized spacial score (nSPS) is 18.3. The predicted molar refractivity (Wildman–Crippen MR) is 74.5 cm³/mol. The molecule has 1 aromatic heterocycles. The summed E-state index contributed by atoms with van der Waals surface area (Å²) in [7, 11) is 1.93. The third-order valence-corrected chi connectivity index (χ3v) is 4.59. The van der Waals surface area contributed by atoms with Gasteiger partial charge in [-0.2, -0.15) is 5.10 Å². The van der Waals surface area contributed by atoms with E-state index in [0.717, 1.165) is 30.0 Å². The number of benzene rings is 1. The Hall–Kier alpha value is -1.33. The van der Waals surface area contributed by atoms with Crippen LogP contribution in [-0.2, 0) is 13.6 Å². The zero-order valence-electron chi connectivity index (χ0n) is 10.8. The summed E-state index contributed by atoms with van der Waals surface area (Å²) in [6.07, 6.45) is 2.82. The first-order chi connectivity index (χ1) is 9.24. The van der Waals surface area contributed by atoms with Gasteiger partial charge in [0.25, 0.3) is 0 Å². The van der Waals surface area contributed by atoms with Gasteiger partial charge in [-0.25, -0.2) is 4.39 Å². The van der Waals surface area contributed by atoms with Crippen LogP contribution in [0.3, 0.4) is 0 Å². The fourth-order valence-corrected chi connectivity index (χ4v) is 3.49. The van der Waals surface area contributed by atoms with Crippen molar-refractivity contribution in [3.05, 3.63) is 47.5 Å². The Labute approximate surface area is 116 Å². The average molecular weight is 277 g/mol. The van der Waals surface area contributed by atoms with Crippen molar-refractivity contribution in [2.75, 3.05) is 5.75 Å². The minimum Gasteiger partial charge on any atom is -0.304 e. The molecule has 0 saturated carbocycles. The molecule has 1 atom stereocenters. The predicted octanol–water partition coefficient (Wildman–Crippen LogP) is 2.89. The maximum absolute atomic E-state index is 13.4. The van der Waals surface area contributed by atoms with Crippen molar-refractivity contribution in [1.82, 2.24) is 15.1 Å². The summed E-state index contributed by atoms with van der Waals surface area (Å²) >= 11 is 1.80. The van der Waals surface area contributed by atoms with Gasteiger partial charge in [-0.15, -0.1) is 11.8 Å². The van der Waals surface area contributed by atoms with E-state index in [9.17, 15) is 4.39 Å². The van der Waals surface area contributed by atoms with Gasteiger partial charge < -0.3 is 5.32 Å². The van der Waals surface area contributed by atoms with E-state index in [-0.39, 0.29) is 11.9 Å². The van der Waals surface area contributed by atoms with Gasteiger partial charge in [0, 0.05) is 30.7 Å². The van der Waals surface area contributed by atoms with Gasteiger partial charge in [-0.3, -0.25) is 4.68 Å². The molecule has 3 nitrogen and oxygen atoms in total. The first-order valence-electron chi connectivity index (χ1n) is 6.36. The summed E-state index contributed by atoms with van der Waals surface area (Å²) in [6, 6.07) is 7.30. The summed E-state index contributed by atoms with van der Waals surface area (Å²) in [6.45, 7) is 0.752. The lowest BCUT2D eigenvalue weighted by atomic mass is 10.0. The second-order valence-electron chi connectivity index (χ2n) is 4.70. The first-order valence-corrected chi connectivity index (χ1v) is 7.35. The fraction of sp³-hybridized carbons (Fsp3) is 0.357. The highest BCUT2D eigenvalue weighted by Crippen LogP contribution is 2.36. The molecule has 0 radical (unpaired) electrons. The molecular weight excluding hydrogens is 261 g/mol. The van der Waals surface area contributed by atoms with Crippen molar-refractivity contribution >= 4 is 11.8 Å². The quantitative estimate of drug-likeness (QED) is 0.935. The maximum Gasteiger partial charge on any atom is 0.123 e. The van der Waals surface area contributed by atoms with Crippen LogP contribution in [-0.4, -0.2) is 15.5 Å². The van der Waals surface area contributed by atoms with Crippen LogP contribution in [0.1, 0.15) is 23.7 Å². The summed E-state index contributed by atoms with van der Waals surface area (Å²) < 4.78 is 15.3. The van der Waals surface area contributed by atoms with E-state index in [1.54, 1.807) is 24.0 Å². The molecule has 0 spiro atoms. The molecule has 1 aromatic carbocycles. The summed E-state index contributed by atoms with van der Waals surface area (Å²) in [5, 5.41) is 7.66. The Morgan fingerprint density at radius 2 is 2.37 bits per heavy atom. The Morgan fingerprint density at radius 1 is 1.47 bits per heavy atom. The van der Waals surface area contributed by atoms with Crippen LogP contribution in [0.15, 0.2) is 35.4 Å². The fourth-order valence-electron chi connectivity index (χ4n) is 2.38. The summed E-state index contributed by atoms with van der Waals surface area (Å²) in [4.78, 5) is 1.19. The monoisotopic (exact) mass is 277 g/mol. The van der Waals surface area contributed by atoms with Crippen LogP contribution in [0, 0.1) is 5.82 Å². The van der Waals surface area contributed by atoms with Gasteiger partial charge in [0.1, 0.15) is 5.82 Å². The Kier molecular flexibility index (Phi) is 3.57. The molecule has 3 rings (SSSR count). The van der Waals surface area contributed by atoms with E-state index in [1.165, 1.54) is 11.0 Å². The van der Waals surface area contributed by atoms with E-state index >= 15 is 0 Å². The Bertz CT molecular complexity index is 582. The molecule has 0 amide bonds. The number of hydrogen-bond donors (Lipinski definition) is 1. The molecule has 1 N–H and O–H groups in total. The number of fused-ring (bicyclic) bond motifs is 1. The number of hydrogen-bond acceptors (Lipinski definition) is 3. The maximum atomic E-state index is 13.4. The molecular formula is C14H16FN3S. The highest BCUT2D eigenvalue weighted by atomic mass is 32.2. The number of thioether (sulfide) groups is 1. The molecule has 0 bridgehead atoms. The minimum absolute atomic E-state index is 0.159. The lowest BCUT2D eigenvalue weighted by Crippen LogP contribution is -2.25. The van der Waals surface area contributed by atoms with E-state index in [2.05, 4.69) is 10.4 Å². The van der Waals surface area contributed by atoms with Crippen LogP contribution in [0.4, 0.5) is 4.39 Å². The number of nitrogens with one attached hydrogen (secondary N) is 1. The van der Waals surface area contributed by atoms with Gasteiger partial charge in [0.2, 0.25) is 0 Å². The summed E-state index contributed by atoms with van der Waals surface area (Å²) in [5.74, 6) is 0.912. The van der Waals surface area contributed by atoms with Crippen molar-refractivity contribution in [3.63, 3.8) is 0 Å². The SMILES string of the molecule is Cn1nccc1CN[C@@H]1CCSc2ccc(F)cc21. The molecule has 19 heavy (non-hydrogen) atoms. The van der Waals surface area contributed by atoms with Crippen LogP contribution in [0.2, 0.25) is 0 Å². The Morgan fingerprint density at radius 3 is 3.16 bits per heavy atom. The largest absolute Gasteiger partial charge is 0.304 e. The number of nitrogens with zero attached hydrogens (tertiary/aromatic N) is 2. The van der Waals surface area contributed by atoms with Crippen molar-refractivity contribution in [1.29, 1.82) is 0 Å². The van der Waals surface area contributed by atoms with Crippen LogP contribution >= 0.6 is 11.8 Å². The Balaban J connectivity index is 1.76. The molecule has 5 heteroatoms. The van der Waals surface area contributed by atoms with Gasteiger partial charge in [0.05, 0.1) is 5.69 Å². The zero-order chi connectivity index (χ0) is 13.2. The van der Waals surface area contributed by atoms with Gasteiger partial charge >= 0.3 is 0 Å². The first kappa shape index (κ1) is 12.7. The lowest BCUT2D eigenvalue weighted by molar-refractivity contribution is 0.491. The molecule has 0 aliphatic carbocycles. The number of halogens is 1. The molecule has 1 aliphatic rings. The third-order valence-electron chi connectivity index (χ3n) is 3.46. The smallest absolute Gasteiger partial charge is 0.123 e. The van der Waals surface area contributed by atoms with Crippen molar-refractivity contribution in [2.24, 2.45) is 7.05 Å². The molecule has 2 heterocycles. The zero-order valence-corrected chi connectivity index (χ0v) is 11.6. The number of aromatic nitrogens is 2. The second kappa shape index (κ2) is 5.35. The van der Waals surface area contributed by atoms with Crippen molar-refractivity contribution < 1.29 is 4.39 Å². The van der Waals surface area contributed by atoms with E-state index in [1.807, 2.05) is 23.9 Å². The molecule has 0 fully saturated rings. The summed E-state index contributed by atoms with van der Waals surface area (Å²) in [5.41, 5.74) is 2.22. The molecule has 0 saturated heterocycles. The molecule has 100 valence electrons. The van der Waals surface area contributed by atoms with E-state index in [4.69, 9.17) is 0 Å². The van der Waals surface area contributed by atoms with Gasteiger partial charge in [-0.05, 0) is 42.0 Å². The number of aryl methyl sites for hydroxylation is 1. The highest BCUT2D eigenvalue weighted by molar-refractivity contribution is 7.99. The van der Waals surface area contributed by atoms with Gasteiger partial charge in [0.15, 0.2) is 0 Å². The van der Waals surface area contributed by atoms with Crippen LogP contribution in [0.5, 0.6) is 0 Å². The molecule has 2 aromatic rings. The van der Waals surface area contributed by atoms with E-state index in [0.29, 0.717) is 0 Å². The standard InChI is InChI=1S/C14H16FN3S/c1-18-11(4-6-17-18)9-16-13-5-7-19-14-3-2-10(15)8-12(13)14/h2-4,6,8,13,16H,5,7,9H2,1H3/t13-/m1/s1. The topological polar surface area (TPSA) is 29.9 Å². The lowest BCUT2D eigenvalue weighted by Gasteiger charge is -2.26. The van der Waals surface area contributed by atoms with Gasteiger partial charge in [-0.1, -0.05) is 0 Å². The van der Waals surface area contributed by atoms with Crippen molar-refractivity contribution in [2.45, 2.75) is 23.9 Å². The minimum atomic E-state index is -0.159. The highest BCUT2D eigenvalue weighted by Gasteiger charge is 2.21.